The molecule has 4 aromatic carbocycles. The Kier molecular flexibility index (Phi) is 4.87. The summed E-state index contributed by atoms with van der Waals surface area (Å²) in [7, 11) is 2.02. The summed E-state index contributed by atoms with van der Waals surface area (Å²) in [6.07, 6.45) is 0. The zero-order chi connectivity index (χ0) is 29.9. The second kappa shape index (κ2) is 9.43. The summed E-state index contributed by atoms with van der Waals surface area (Å²) < 4.78 is 47.5. The van der Waals surface area contributed by atoms with Gasteiger partial charge in [0.25, 0.3) is 5.82 Å². The molecule has 2 nitrogen and oxygen atoms in total. The Morgan fingerprint density at radius 2 is 1.39 bits per heavy atom. The van der Waals surface area contributed by atoms with E-state index in [1.165, 1.54) is 0 Å². The van der Waals surface area contributed by atoms with Crippen molar-refractivity contribution < 1.29 is 11.4 Å². The van der Waals surface area contributed by atoms with E-state index in [-0.39, 0.29) is 0 Å². The average Bonchev–Trinajstić information content (AvgIpc) is 3.19. The van der Waals surface area contributed by atoms with Crippen LogP contribution in [-0.4, -0.2) is 4.57 Å². The summed E-state index contributed by atoms with van der Waals surface area (Å²) in [4.78, 5) is 0. The van der Waals surface area contributed by atoms with Crippen LogP contribution in [0.25, 0.3) is 39.2 Å². The highest BCUT2D eigenvalue weighted by molar-refractivity contribution is 5.83. The van der Waals surface area contributed by atoms with Crippen LogP contribution < -0.4 is 4.57 Å². The Morgan fingerprint density at radius 1 is 0.750 bits per heavy atom. The summed E-state index contributed by atoms with van der Waals surface area (Å²) in [5, 5.41) is 0. The van der Waals surface area contributed by atoms with Crippen molar-refractivity contribution in [2.45, 2.75) is 53.3 Å². The maximum Gasteiger partial charge on any atom is 0.295 e. The Balaban J connectivity index is 1.98. The Morgan fingerprint density at radius 3 is 2.03 bits per heavy atom. The number of aromatic nitrogens is 2. The quantitative estimate of drug-likeness (QED) is 0.223. The van der Waals surface area contributed by atoms with Crippen LogP contribution in [0, 0.1) is 13.8 Å². The molecule has 0 N–H and O–H groups in total. The van der Waals surface area contributed by atoms with Gasteiger partial charge in [-0.2, -0.15) is 4.57 Å². The number of hydrogen-bond acceptors (Lipinski definition) is 0. The van der Waals surface area contributed by atoms with E-state index in [4.69, 9.17) is 6.85 Å². The number of imidazole rings is 1. The number of nitrogens with zero attached hydrogens (tertiary/aromatic N) is 2. The Labute approximate surface area is 222 Å². The van der Waals surface area contributed by atoms with Gasteiger partial charge in [0.1, 0.15) is 5.69 Å². The predicted octanol–water partition coefficient (Wildman–Crippen LogP) is 8.65. The molecule has 5 rings (SSSR count). The van der Waals surface area contributed by atoms with Gasteiger partial charge in [-0.3, -0.25) is 0 Å². The largest absolute Gasteiger partial charge is 0.295 e. The Bertz CT molecular complexity index is 1720. The topological polar surface area (TPSA) is 8.81 Å². The molecule has 0 spiro atoms. The van der Waals surface area contributed by atoms with Gasteiger partial charge in [-0.15, -0.1) is 0 Å². The van der Waals surface area contributed by atoms with Crippen LogP contribution in [-0.2, 0) is 7.05 Å². The monoisotopic (exact) mass is 478 g/mol. The van der Waals surface area contributed by atoms with Gasteiger partial charge in [-0.1, -0.05) is 94.4 Å². The fourth-order valence-electron chi connectivity index (χ4n) is 5.24. The molecule has 0 bridgehead atoms. The smallest absolute Gasteiger partial charge is 0.225 e. The first-order valence-electron chi connectivity index (χ1n) is 15.0. The van der Waals surface area contributed by atoms with E-state index in [9.17, 15) is 0 Å². The minimum absolute atomic E-state index is 0.316. The standard InChI is InChI=1S/C34H37N2/c1-22(2)27-16-13-17-28(23(3)4)33(27)36-32-19-12-11-18-31(32)35(7)34(36)30-21-29(24(5)20-25(30)6)26-14-9-8-10-15-26/h8-23H,1-7H3/q+1/i5D3,22D,23D. The molecule has 0 atom stereocenters. The van der Waals surface area contributed by atoms with E-state index in [1.54, 1.807) is 6.07 Å². The van der Waals surface area contributed by atoms with Gasteiger partial charge in [-0.05, 0) is 66.0 Å². The Hall–Kier alpha value is -3.65. The van der Waals surface area contributed by atoms with Gasteiger partial charge in [0.2, 0.25) is 0 Å². The lowest BCUT2D eigenvalue weighted by Crippen LogP contribution is -2.30. The lowest BCUT2D eigenvalue weighted by Gasteiger charge is -2.19. The van der Waals surface area contributed by atoms with E-state index in [2.05, 4.69) is 21.3 Å². The number of aryl methyl sites for hydroxylation is 3. The second-order valence-corrected chi connectivity index (χ2v) is 9.99. The van der Waals surface area contributed by atoms with E-state index >= 15 is 0 Å². The molecule has 2 heteroatoms. The summed E-state index contributed by atoms with van der Waals surface area (Å²) in [6, 6.07) is 27.5. The molecular formula is C34H37N2+. The molecule has 0 aliphatic rings. The van der Waals surface area contributed by atoms with Crippen molar-refractivity contribution in [3.05, 3.63) is 107 Å². The maximum absolute atomic E-state index is 9.10. The van der Waals surface area contributed by atoms with Gasteiger partial charge >= 0.3 is 0 Å². The molecule has 1 heterocycles. The number of para-hydroxylation sites is 3. The second-order valence-electron chi connectivity index (χ2n) is 9.99. The molecule has 0 radical (unpaired) electrons. The molecule has 0 aliphatic carbocycles. The molecule has 1 aromatic heterocycles. The first-order chi connectivity index (χ1) is 19.1. The molecule has 0 fully saturated rings. The molecule has 0 aliphatic heterocycles. The third-order valence-electron chi connectivity index (χ3n) is 7.04. The fourth-order valence-corrected chi connectivity index (χ4v) is 5.24. The van der Waals surface area contributed by atoms with Gasteiger partial charge in [-0.25, -0.2) is 4.57 Å². The number of fused-ring (bicyclic) bond motifs is 1. The third-order valence-corrected chi connectivity index (χ3v) is 7.04. The van der Waals surface area contributed by atoms with Crippen molar-refractivity contribution in [2.75, 3.05) is 0 Å². The molecule has 36 heavy (non-hydrogen) atoms. The lowest BCUT2D eigenvalue weighted by molar-refractivity contribution is -0.633. The number of hydrogen-bond donors (Lipinski definition) is 0. The summed E-state index contributed by atoms with van der Waals surface area (Å²) in [6.45, 7) is 7.18. The zero-order valence-electron chi connectivity index (χ0n) is 27.0. The summed E-state index contributed by atoms with van der Waals surface area (Å²) in [5.41, 5.74) is 7.95. The van der Waals surface area contributed by atoms with Crippen molar-refractivity contribution in [3.63, 3.8) is 0 Å². The number of benzene rings is 4. The molecule has 0 saturated heterocycles. The van der Waals surface area contributed by atoms with Crippen molar-refractivity contribution in [3.8, 4) is 28.2 Å². The number of rotatable bonds is 5. The van der Waals surface area contributed by atoms with Crippen LogP contribution in [0.15, 0.2) is 84.9 Å². The van der Waals surface area contributed by atoms with Crippen LogP contribution in [0.1, 0.15) is 68.6 Å². The fraction of sp³-hybridized carbons (Fsp3) is 0.265. The van der Waals surface area contributed by atoms with Crippen molar-refractivity contribution in [1.82, 2.24) is 4.57 Å². The highest BCUT2D eigenvalue weighted by Crippen LogP contribution is 2.38. The van der Waals surface area contributed by atoms with Gasteiger partial charge in [0.15, 0.2) is 11.0 Å². The van der Waals surface area contributed by atoms with Gasteiger partial charge in [0.05, 0.1) is 12.6 Å². The van der Waals surface area contributed by atoms with Crippen LogP contribution in [0.4, 0.5) is 0 Å². The lowest BCUT2D eigenvalue weighted by atomic mass is 9.91. The minimum Gasteiger partial charge on any atom is -0.225 e. The first-order valence-corrected chi connectivity index (χ1v) is 12.5. The zero-order valence-corrected chi connectivity index (χ0v) is 22.0. The van der Waals surface area contributed by atoms with Crippen LogP contribution in [0.2, 0.25) is 0 Å². The van der Waals surface area contributed by atoms with E-state index < -0.39 is 18.6 Å². The predicted molar refractivity (Wildman–Crippen MR) is 153 cm³/mol. The normalized spacial score (nSPS) is 14.7. The highest BCUT2D eigenvalue weighted by Gasteiger charge is 2.31. The van der Waals surface area contributed by atoms with Crippen LogP contribution in [0.5, 0.6) is 0 Å². The summed E-state index contributed by atoms with van der Waals surface area (Å²) in [5.74, 6) is -1.01. The molecule has 182 valence electrons. The maximum atomic E-state index is 9.10. The van der Waals surface area contributed by atoms with E-state index in [0.29, 0.717) is 11.1 Å². The molecule has 5 aromatic rings. The van der Waals surface area contributed by atoms with Gasteiger partial charge < -0.3 is 0 Å². The van der Waals surface area contributed by atoms with Crippen molar-refractivity contribution >= 4 is 11.0 Å². The summed E-state index contributed by atoms with van der Waals surface area (Å²) >= 11 is 0. The highest BCUT2D eigenvalue weighted by atomic mass is 15.2. The average molecular weight is 479 g/mol. The van der Waals surface area contributed by atoms with Crippen molar-refractivity contribution in [2.24, 2.45) is 7.05 Å². The van der Waals surface area contributed by atoms with E-state index in [1.807, 2.05) is 108 Å². The molecular weight excluding hydrogens is 436 g/mol. The first kappa shape index (κ1) is 18.6. The van der Waals surface area contributed by atoms with Crippen LogP contribution in [0.3, 0.4) is 0 Å². The van der Waals surface area contributed by atoms with E-state index in [0.717, 1.165) is 50.4 Å². The third kappa shape index (κ3) is 3.95. The van der Waals surface area contributed by atoms with Crippen molar-refractivity contribution in [1.29, 1.82) is 0 Å². The van der Waals surface area contributed by atoms with Gasteiger partial charge in [0, 0.05) is 18.0 Å². The molecule has 0 saturated carbocycles. The minimum atomic E-state index is -2.28. The van der Waals surface area contributed by atoms with Crippen LogP contribution >= 0.6 is 0 Å². The molecule has 0 unspecified atom stereocenters. The SMILES string of the molecule is [2H]C([2H])([2H])c1cc(C)c(-c2n(-c3c(C([2H])(C)C)cccc3C([2H])(C)C)c3ccccc3[n+]2C)cc1-c1ccccc1. The molecule has 0 amide bonds.